The summed E-state index contributed by atoms with van der Waals surface area (Å²) in [4.78, 5) is 15.8. The highest BCUT2D eigenvalue weighted by Crippen LogP contribution is 2.20. The van der Waals surface area contributed by atoms with Crippen LogP contribution < -0.4 is 0 Å². The van der Waals surface area contributed by atoms with E-state index >= 15 is 0 Å². The minimum Gasteiger partial charge on any atom is -0.455 e. The van der Waals surface area contributed by atoms with Gasteiger partial charge in [0.05, 0.1) is 11.9 Å². The Morgan fingerprint density at radius 1 is 1.32 bits per heavy atom. The predicted molar refractivity (Wildman–Crippen MR) is 64.7 cm³/mol. The minimum absolute atomic E-state index is 0.0223. The number of esters is 1. The van der Waals surface area contributed by atoms with Crippen LogP contribution in [0.3, 0.4) is 0 Å². The highest BCUT2D eigenvalue weighted by Gasteiger charge is 2.24. The third-order valence-corrected chi connectivity index (χ3v) is 2.11. The lowest BCUT2D eigenvalue weighted by Crippen LogP contribution is -2.24. The van der Waals surface area contributed by atoms with Crippen molar-refractivity contribution in [3.05, 3.63) is 29.8 Å². The number of carbonyl (C=O) groups excluding carboxylic acids is 1. The average Bonchev–Trinajstić information content (AvgIpc) is 2.76. The van der Waals surface area contributed by atoms with Gasteiger partial charge in [-0.25, -0.2) is 9.18 Å². The lowest BCUT2D eigenvalue weighted by Gasteiger charge is -2.18. The summed E-state index contributed by atoms with van der Waals surface area (Å²) in [7, 11) is 0. The van der Waals surface area contributed by atoms with E-state index < -0.39 is 17.4 Å². The SMILES string of the molecule is CC(C)(C)OC(=O)c1n[nH]nc1-c1ccc(F)cn1. The normalized spacial score (nSPS) is 11.4. The summed E-state index contributed by atoms with van der Waals surface area (Å²) in [5.74, 6) is -1.08. The molecule has 2 rings (SSSR count). The summed E-state index contributed by atoms with van der Waals surface area (Å²) in [5, 5.41) is 9.94. The fourth-order valence-corrected chi connectivity index (χ4v) is 1.39. The molecule has 0 bridgehead atoms. The largest absolute Gasteiger partial charge is 0.455 e. The molecule has 0 aliphatic rings. The fourth-order valence-electron chi connectivity index (χ4n) is 1.39. The van der Waals surface area contributed by atoms with Crippen LogP contribution in [0.2, 0.25) is 0 Å². The number of aromatic nitrogens is 4. The highest BCUT2D eigenvalue weighted by atomic mass is 19.1. The Balaban J connectivity index is 2.32. The summed E-state index contributed by atoms with van der Waals surface area (Å²) >= 11 is 0. The summed E-state index contributed by atoms with van der Waals surface area (Å²) in [6, 6.07) is 2.65. The zero-order valence-corrected chi connectivity index (χ0v) is 10.8. The standard InChI is InChI=1S/C12H13FN4O2/c1-12(2,3)19-11(18)10-9(15-17-16-10)8-5-4-7(13)6-14-8/h4-6H,1-3H3,(H,15,16,17). The number of halogens is 1. The van der Waals surface area contributed by atoms with Gasteiger partial charge >= 0.3 is 5.97 Å². The molecule has 2 aromatic rings. The second-order valence-corrected chi connectivity index (χ2v) is 4.88. The van der Waals surface area contributed by atoms with Gasteiger partial charge in [0.15, 0.2) is 5.69 Å². The number of H-pyrrole nitrogens is 1. The van der Waals surface area contributed by atoms with Crippen molar-refractivity contribution in [2.75, 3.05) is 0 Å². The zero-order chi connectivity index (χ0) is 14.0. The van der Waals surface area contributed by atoms with Gasteiger partial charge in [-0.2, -0.15) is 10.3 Å². The summed E-state index contributed by atoms with van der Waals surface area (Å²) < 4.78 is 18.0. The maximum atomic E-state index is 12.8. The van der Waals surface area contributed by atoms with E-state index in [2.05, 4.69) is 20.4 Å². The molecular weight excluding hydrogens is 251 g/mol. The van der Waals surface area contributed by atoms with Crippen molar-refractivity contribution in [3.63, 3.8) is 0 Å². The van der Waals surface area contributed by atoms with E-state index in [0.717, 1.165) is 6.20 Å². The summed E-state index contributed by atoms with van der Waals surface area (Å²) in [5.41, 5.74) is -0.0388. The number of nitrogens with zero attached hydrogens (tertiary/aromatic N) is 3. The highest BCUT2D eigenvalue weighted by molar-refractivity contribution is 5.93. The van der Waals surface area contributed by atoms with E-state index in [1.165, 1.54) is 12.1 Å². The van der Waals surface area contributed by atoms with Crippen LogP contribution in [-0.2, 0) is 4.74 Å². The quantitative estimate of drug-likeness (QED) is 0.838. The minimum atomic E-state index is -0.635. The molecule has 2 aromatic heterocycles. The number of aromatic amines is 1. The number of hydrogen-bond donors (Lipinski definition) is 1. The first-order valence-electron chi connectivity index (χ1n) is 5.63. The van der Waals surface area contributed by atoms with Gasteiger partial charge in [0, 0.05) is 0 Å². The van der Waals surface area contributed by atoms with Gasteiger partial charge < -0.3 is 4.74 Å². The molecule has 0 saturated heterocycles. The Morgan fingerprint density at radius 2 is 2.05 bits per heavy atom. The van der Waals surface area contributed by atoms with Crippen LogP contribution in [0.4, 0.5) is 4.39 Å². The van der Waals surface area contributed by atoms with Gasteiger partial charge in [0.2, 0.25) is 0 Å². The van der Waals surface area contributed by atoms with Crippen LogP contribution in [0.25, 0.3) is 11.4 Å². The second-order valence-electron chi connectivity index (χ2n) is 4.88. The molecule has 100 valence electrons. The molecule has 2 heterocycles. The molecule has 0 amide bonds. The second kappa shape index (κ2) is 4.75. The lowest BCUT2D eigenvalue weighted by atomic mass is 10.2. The molecule has 0 fully saturated rings. The van der Waals surface area contributed by atoms with Gasteiger partial charge in [-0.15, -0.1) is 5.10 Å². The predicted octanol–water partition coefficient (Wildman–Crippen LogP) is 1.96. The van der Waals surface area contributed by atoms with Gasteiger partial charge in [0.1, 0.15) is 17.1 Å². The third-order valence-electron chi connectivity index (χ3n) is 2.11. The van der Waals surface area contributed by atoms with Gasteiger partial charge in [-0.05, 0) is 32.9 Å². The fraction of sp³-hybridized carbons (Fsp3) is 0.333. The molecule has 6 nitrogen and oxygen atoms in total. The number of carbonyl (C=O) groups is 1. The topological polar surface area (TPSA) is 80.8 Å². The van der Waals surface area contributed by atoms with Crippen LogP contribution in [0.5, 0.6) is 0 Å². The molecule has 7 heteroatoms. The zero-order valence-electron chi connectivity index (χ0n) is 10.8. The molecule has 0 aromatic carbocycles. The van der Waals surface area contributed by atoms with Gasteiger partial charge in [-0.3, -0.25) is 4.98 Å². The molecule has 1 N–H and O–H groups in total. The van der Waals surface area contributed by atoms with Crippen LogP contribution >= 0.6 is 0 Å². The van der Waals surface area contributed by atoms with Crippen molar-refractivity contribution < 1.29 is 13.9 Å². The molecule has 0 aliphatic heterocycles. The van der Waals surface area contributed by atoms with E-state index in [1.54, 1.807) is 20.8 Å². The molecule has 0 saturated carbocycles. The van der Waals surface area contributed by atoms with Crippen molar-refractivity contribution in [1.29, 1.82) is 0 Å². The van der Waals surface area contributed by atoms with Crippen LogP contribution in [0, 0.1) is 5.82 Å². The number of nitrogens with one attached hydrogen (secondary N) is 1. The number of pyridine rings is 1. The Kier molecular flexibility index (Phi) is 3.28. The first-order valence-corrected chi connectivity index (χ1v) is 5.63. The van der Waals surface area contributed by atoms with Crippen molar-refractivity contribution in [1.82, 2.24) is 20.4 Å². The molecule has 0 spiro atoms. The van der Waals surface area contributed by atoms with Crippen molar-refractivity contribution >= 4 is 5.97 Å². The smallest absolute Gasteiger partial charge is 0.361 e. The third kappa shape index (κ3) is 3.12. The molecule has 19 heavy (non-hydrogen) atoms. The van der Waals surface area contributed by atoms with E-state index in [9.17, 15) is 9.18 Å². The van der Waals surface area contributed by atoms with E-state index in [0.29, 0.717) is 5.69 Å². The number of ether oxygens (including phenoxy) is 1. The van der Waals surface area contributed by atoms with E-state index in [-0.39, 0.29) is 11.4 Å². The van der Waals surface area contributed by atoms with Crippen molar-refractivity contribution in [2.45, 2.75) is 26.4 Å². The molecule has 0 unspecified atom stereocenters. The molecule has 0 atom stereocenters. The summed E-state index contributed by atoms with van der Waals surface area (Å²) in [6.07, 6.45) is 1.04. The Morgan fingerprint density at radius 3 is 2.63 bits per heavy atom. The number of hydrogen-bond acceptors (Lipinski definition) is 5. The Hall–Kier alpha value is -2.31. The molecule has 0 radical (unpaired) electrons. The lowest BCUT2D eigenvalue weighted by molar-refractivity contribution is 0.00637. The Labute approximate surface area is 109 Å². The maximum Gasteiger partial charge on any atom is 0.361 e. The first-order chi connectivity index (χ1) is 8.87. The summed E-state index contributed by atoms with van der Waals surface area (Å²) in [6.45, 7) is 5.25. The van der Waals surface area contributed by atoms with Crippen LogP contribution in [-0.4, -0.2) is 32.0 Å². The van der Waals surface area contributed by atoms with Crippen LogP contribution in [0.15, 0.2) is 18.3 Å². The average molecular weight is 264 g/mol. The van der Waals surface area contributed by atoms with Gasteiger partial charge in [0.25, 0.3) is 0 Å². The Bertz CT molecular complexity index is 587. The van der Waals surface area contributed by atoms with E-state index in [1.807, 2.05) is 0 Å². The van der Waals surface area contributed by atoms with Crippen molar-refractivity contribution in [2.24, 2.45) is 0 Å². The number of rotatable bonds is 2. The van der Waals surface area contributed by atoms with Crippen LogP contribution in [0.1, 0.15) is 31.3 Å². The molecular formula is C12H13FN4O2. The van der Waals surface area contributed by atoms with E-state index in [4.69, 9.17) is 4.74 Å². The maximum absolute atomic E-state index is 12.8. The van der Waals surface area contributed by atoms with Gasteiger partial charge in [-0.1, -0.05) is 0 Å². The first kappa shape index (κ1) is 13.1. The van der Waals surface area contributed by atoms with Crippen molar-refractivity contribution in [3.8, 4) is 11.4 Å². The monoisotopic (exact) mass is 264 g/mol. The molecule has 0 aliphatic carbocycles.